The zero-order valence-electron chi connectivity index (χ0n) is 18.3. The van der Waals surface area contributed by atoms with Gasteiger partial charge in [-0.25, -0.2) is 0 Å². The molecule has 2 heterocycles. The highest BCUT2D eigenvalue weighted by Gasteiger charge is 2.39. The number of nitrogens with zero attached hydrogens (tertiary/aromatic N) is 1. The van der Waals surface area contributed by atoms with E-state index in [1.165, 1.54) is 60.5 Å². The number of Topliss-reactive ketones (excluding diaryl/α,β-unsaturated/α-hetero) is 1. The fourth-order valence-corrected chi connectivity index (χ4v) is 5.53. The molecule has 0 amide bonds. The third kappa shape index (κ3) is 5.66. The van der Waals surface area contributed by atoms with E-state index >= 15 is 0 Å². The van der Waals surface area contributed by atoms with Crippen molar-refractivity contribution in [2.75, 3.05) is 20.1 Å². The molecule has 3 heteroatoms. The van der Waals surface area contributed by atoms with E-state index in [1.807, 2.05) is 25.2 Å². The number of hydrogen-bond donors (Lipinski definition) is 0. The van der Waals surface area contributed by atoms with E-state index in [4.69, 9.17) is 0 Å². The standard InChI is InChI=1S/C18H27NOS.C3H8.C2H6/c1-4-5-15(20)17-13(2)21-16-12-18(7-6-14(16)17)8-10-19(3)11-9-18;1-3-2;1-2/h4-12H2,1-3H3;3H2,1-2H3;1-2H3. The zero-order valence-corrected chi connectivity index (χ0v) is 19.2. The van der Waals surface area contributed by atoms with Crippen molar-refractivity contribution in [2.45, 2.75) is 92.9 Å². The predicted octanol–water partition coefficient (Wildman–Crippen LogP) is 6.68. The molecule has 0 aromatic carbocycles. The lowest BCUT2D eigenvalue weighted by atomic mass is 9.68. The van der Waals surface area contributed by atoms with E-state index in [2.05, 4.69) is 39.6 Å². The lowest BCUT2D eigenvalue weighted by Gasteiger charge is -2.43. The van der Waals surface area contributed by atoms with Crippen LogP contribution in [0.25, 0.3) is 0 Å². The van der Waals surface area contributed by atoms with Crippen LogP contribution in [0.5, 0.6) is 0 Å². The highest BCUT2D eigenvalue weighted by molar-refractivity contribution is 7.12. The summed E-state index contributed by atoms with van der Waals surface area (Å²) in [6.45, 7) is 15.0. The molecular formula is C23H41NOS. The molecule has 0 N–H and O–H groups in total. The fraction of sp³-hybridized carbons (Fsp3) is 0.783. The summed E-state index contributed by atoms with van der Waals surface area (Å²) in [5.74, 6) is 0.381. The van der Waals surface area contributed by atoms with Crippen molar-refractivity contribution in [3.8, 4) is 0 Å². The van der Waals surface area contributed by atoms with Gasteiger partial charge in [0.05, 0.1) is 0 Å². The molecular weight excluding hydrogens is 338 g/mol. The minimum atomic E-state index is 0.381. The van der Waals surface area contributed by atoms with E-state index in [-0.39, 0.29) is 0 Å². The number of fused-ring (bicyclic) bond motifs is 1. The molecule has 0 radical (unpaired) electrons. The second-order valence-electron chi connectivity index (χ2n) is 7.80. The van der Waals surface area contributed by atoms with E-state index < -0.39 is 0 Å². The van der Waals surface area contributed by atoms with Gasteiger partial charge in [-0.3, -0.25) is 4.79 Å². The molecule has 1 aliphatic carbocycles. The third-order valence-corrected chi connectivity index (χ3v) is 6.66. The molecule has 2 nitrogen and oxygen atoms in total. The van der Waals surface area contributed by atoms with E-state index in [1.54, 1.807) is 0 Å². The minimum absolute atomic E-state index is 0.381. The van der Waals surface area contributed by atoms with Crippen LogP contribution in [-0.4, -0.2) is 30.8 Å². The predicted molar refractivity (Wildman–Crippen MR) is 117 cm³/mol. The fourth-order valence-electron chi connectivity index (χ4n) is 4.11. The molecule has 1 spiro atoms. The Balaban J connectivity index is 0.000000615. The minimum Gasteiger partial charge on any atom is -0.306 e. The Bertz CT molecular complexity index is 553. The second kappa shape index (κ2) is 11.2. The Kier molecular flexibility index (Phi) is 10.1. The van der Waals surface area contributed by atoms with Crippen molar-refractivity contribution in [2.24, 2.45) is 5.41 Å². The summed E-state index contributed by atoms with van der Waals surface area (Å²) in [6, 6.07) is 0. The van der Waals surface area contributed by atoms with Gasteiger partial charge >= 0.3 is 0 Å². The molecule has 0 bridgehead atoms. The summed E-state index contributed by atoms with van der Waals surface area (Å²) in [6.07, 6.45) is 9.22. The zero-order chi connectivity index (χ0) is 19.7. The van der Waals surface area contributed by atoms with Crippen LogP contribution in [0.15, 0.2) is 0 Å². The first-order valence-corrected chi connectivity index (χ1v) is 11.6. The Morgan fingerprint density at radius 3 is 2.23 bits per heavy atom. The van der Waals surface area contributed by atoms with Gasteiger partial charge in [-0.1, -0.05) is 41.0 Å². The van der Waals surface area contributed by atoms with Crippen molar-refractivity contribution in [3.63, 3.8) is 0 Å². The molecule has 0 saturated carbocycles. The van der Waals surface area contributed by atoms with Crippen LogP contribution in [0.2, 0.25) is 0 Å². The normalized spacial score (nSPS) is 18.3. The lowest BCUT2D eigenvalue weighted by molar-refractivity contribution is 0.0972. The molecule has 1 aromatic rings. The average Bonchev–Trinajstić information content (AvgIpc) is 2.95. The SMILES string of the molecule is CC.CCC.CCCC(=O)c1c(C)sc2c1CCC1(CCN(C)CC1)C2. The Hall–Kier alpha value is -0.670. The molecule has 1 fully saturated rings. The van der Waals surface area contributed by atoms with Crippen molar-refractivity contribution < 1.29 is 4.79 Å². The number of ketones is 1. The molecule has 1 saturated heterocycles. The number of hydrogen-bond acceptors (Lipinski definition) is 3. The van der Waals surface area contributed by atoms with Gasteiger partial charge in [-0.2, -0.15) is 0 Å². The van der Waals surface area contributed by atoms with Crippen LogP contribution in [0, 0.1) is 12.3 Å². The van der Waals surface area contributed by atoms with Gasteiger partial charge < -0.3 is 4.90 Å². The number of thiophene rings is 1. The first-order valence-electron chi connectivity index (χ1n) is 10.8. The summed E-state index contributed by atoms with van der Waals surface area (Å²) in [5, 5.41) is 0. The van der Waals surface area contributed by atoms with Crippen molar-refractivity contribution in [1.29, 1.82) is 0 Å². The van der Waals surface area contributed by atoms with Crippen LogP contribution < -0.4 is 0 Å². The summed E-state index contributed by atoms with van der Waals surface area (Å²) in [4.78, 5) is 17.7. The Morgan fingerprint density at radius 1 is 1.12 bits per heavy atom. The van der Waals surface area contributed by atoms with Gasteiger partial charge in [0.25, 0.3) is 0 Å². The first-order chi connectivity index (χ1) is 12.5. The second-order valence-corrected chi connectivity index (χ2v) is 9.10. The maximum absolute atomic E-state index is 12.4. The quantitative estimate of drug-likeness (QED) is 0.546. The first kappa shape index (κ1) is 23.4. The number of carbonyl (C=O) groups is 1. The monoisotopic (exact) mass is 379 g/mol. The molecule has 26 heavy (non-hydrogen) atoms. The number of aryl methyl sites for hydroxylation is 1. The smallest absolute Gasteiger partial charge is 0.164 e. The highest BCUT2D eigenvalue weighted by Crippen LogP contribution is 2.47. The molecule has 3 rings (SSSR count). The maximum atomic E-state index is 12.4. The van der Waals surface area contributed by atoms with E-state index in [0.29, 0.717) is 17.6 Å². The molecule has 2 aliphatic rings. The van der Waals surface area contributed by atoms with Gasteiger partial charge in [0.15, 0.2) is 5.78 Å². The van der Waals surface area contributed by atoms with Gasteiger partial charge in [-0.05, 0) is 76.6 Å². The molecule has 1 aliphatic heterocycles. The topological polar surface area (TPSA) is 20.3 Å². The van der Waals surface area contributed by atoms with Crippen LogP contribution >= 0.6 is 11.3 Å². The number of carbonyl (C=O) groups excluding carboxylic acids is 1. The van der Waals surface area contributed by atoms with Gasteiger partial charge in [-0.15, -0.1) is 11.3 Å². The molecule has 150 valence electrons. The van der Waals surface area contributed by atoms with Crippen molar-refractivity contribution >= 4 is 17.1 Å². The summed E-state index contributed by atoms with van der Waals surface area (Å²) >= 11 is 1.90. The van der Waals surface area contributed by atoms with Gasteiger partial charge in [0.2, 0.25) is 0 Å². The van der Waals surface area contributed by atoms with Crippen molar-refractivity contribution in [1.82, 2.24) is 4.90 Å². The number of piperidine rings is 1. The summed E-state index contributed by atoms with van der Waals surface area (Å²) < 4.78 is 0. The van der Waals surface area contributed by atoms with E-state index in [0.717, 1.165) is 18.4 Å². The molecule has 1 aromatic heterocycles. The van der Waals surface area contributed by atoms with Crippen LogP contribution in [0.1, 0.15) is 98.8 Å². The van der Waals surface area contributed by atoms with Crippen molar-refractivity contribution in [3.05, 3.63) is 20.9 Å². The molecule has 0 unspecified atom stereocenters. The van der Waals surface area contributed by atoms with Gasteiger partial charge in [0, 0.05) is 21.7 Å². The molecule has 0 atom stereocenters. The third-order valence-electron chi connectivity index (χ3n) is 5.51. The summed E-state index contributed by atoms with van der Waals surface area (Å²) in [7, 11) is 2.23. The Morgan fingerprint density at radius 2 is 1.69 bits per heavy atom. The van der Waals surface area contributed by atoms with Crippen LogP contribution in [0.3, 0.4) is 0 Å². The highest BCUT2D eigenvalue weighted by atomic mass is 32.1. The maximum Gasteiger partial charge on any atom is 0.164 e. The summed E-state index contributed by atoms with van der Waals surface area (Å²) in [5.41, 5.74) is 3.04. The van der Waals surface area contributed by atoms with Crippen LogP contribution in [0.4, 0.5) is 0 Å². The largest absolute Gasteiger partial charge is 0.306 e. The average molecular weight is 380 g/mol. The van der Waals surface area contributed by atoms with E-state index in [9.17, 15) is 4.79 Å². The van der Waals surface area contributed by atoms with Crippen LogP contribution in [-0.2, 0) is 12.8 Å². The lowest BCUT2D eigenvalue weighted by Crippen LogP contribution is -2.41. The van der Waals surface area contributed by atoms with Gasteiger partial charge in [0.1, 0.15) is 0 Å². The number of rotatable bonds is 3. The Labute approximate surface area is 166 Å². The number of likely N-dealkylation sites (tertiary alicyclic amines) is 1.